The van der Waals surface area contributed by atoms with Gasteiger partial charge >= 0.3 is 0 Å². The van der Waals surface area contributed by atoms with Gasteiger partial charge in [0, 0.05) is 32.9 Å². The van der Waals surface area contributed by atoms with Crippen LogP contribution in [0.25, 0.3) is 0 Å². The van der Waals surface area contributed by atoms with Gasteiger partial charge in [-0.05, 0) is 36.8 Å². The van der Waals surface area contributed by atoms with Crippen LogP contribution >= 0.6 is 0 Å². The SMILES string of the molecule is CN(C)C(=O)C1CC2(CN1CC1CCCCC1)C(=O)Nc1ccccc12. The van der Waals surface area contributed by atoms with Crippen LogP contribution in [0.3, 0.4) is 0 Å². The van der Waals surface area contributed by atoms with E-state index in [1.165, 1.54) is 32.1 Å². The second-order valence-corrected chi connectivity index (χ2v) is 8.47. The third kappa shape index (κ3) is 2.82. The van der Waals surface area contributed by atoms with E-state index in [0.717, 1.165) is 17.8 Å². The molecule has 5 nitrogen and oxygen atoms in total. The second kappa shape index (κ2) is 6.69. The number of rotatable bonds is 3. The number of benzene rings is 1. The van der Waals surface area contributed by atoms with Crippen molar-refractivity contribution in [2.45, 2.75) is 50.0 Å². The van der Waals surface area contributed by atoms with Crippen LogP contribution in [0.15, 0.2) is 24.3 Å². The fourth-order valence-electron chi connectivity index (χ4n) is 5.15. The van der Waals surface area contributed by atoms with Gasteiger partial charge in [-0.1, -0.05) is 37.5 Å². The van der Waals surface area contributed by atoms with Gasteiger partial charge < -0.3 is 10.2 Å². The zero-order valence-corrected chi connectivity index (χ0v) is 15.8. The minimum absolute atomic E-state index is 0.0569. The molecule has 1 aliphatic carbocycles. The van der Waals surface area contributed by atoms with Crippen molar-refractivity contribution in [2.75, 3.05) is 32.5 Å². The summed E-state index contributed by atoms with van der Waals surface area (Å²) in [6.45, 7) is 1.58. The van der Waals surface area contributed by atoms with E-state index < -0.39 is 5.41 Å². The lowest BCUT2D eigenvalue weighted by Gasteiger charge is -2.31. The Morgan fingerprint density at radius 1 is 1.23 bits per heavy atom. The maximum atomic E-state index is 13.0. The van der Waals surface area contributed by atoms with E-state index in [0.29, 0.717) is 18.9 Å². The summed E-state index contributed by atoms with van der Waals surface area (Å²) < 4.78 is 0. The largest absolute Gasteiger partial charge is 0.347 e. The van der Waals surface area contributed by atoms with Gasteiger partial charge in [0.25, 0.3) is 0 Å². The van der Waals surface area contributed by atoms with Crippen LogP contribution in [0.2, 0.25) is 0 Å². The fraction of sp³-hybridized carbons (Fsp3) is 0.619. The van der Waals surface area contributed by atoms with Crippen molar-refractivity contribution in [3.05, 3.63) is 29.8 Å². The number of carbonyl (C=O) groups excluding carboxylic acids is 2. The molecule has 2 aliphatic heterocycles. The quantitative estimate of drug-likeness (QED) is 0.907. The van der Waals surface area contributed by atoms with E-state index in [9.17, 15) is 9.59 Å². The predicted octanol–water partition coefficient (Wildman–Crippen LogP) is 2.62. The molecule has 1 aromatic rings. The topological polar surface area (TPSA) is 52.7 Å². The van der Waals surface area contributed by atoms with Crippen LogP contribution in [0.1, 0.15) is 44.1 Å². The van der Waals surface area contributed by atoms with Gasteiger partial charge in [0.05, 0.1) is 11.5 Å². The Kier molecular flexibility index (Phi) is 4.51. The first-order valence-electron chi connectivity index (χ1n) is 9.87. The maximum Gasteiger partial charge on any atom is 0.239 e. The van der Waals surface area contributed by atoms with Crippen LogP contribution in [0.5, 0.6) is 0 Å². The maximum absolute atomic E-state index is 13.0. The number of likely N-dealkylation sites (N-methyl/N-ethyl adjacent to an activating group) is 1. The second-order valence-electron chi connectivity index (χ2n) is 8.47. The first-order valence-corrected chi connectivity index (χ1v) is 9.87. The average molecular weight is 355 g/mol. The van der Waals surface area contributed by atoms with Crippen LogP contribution in [0.4, 0.5) is 5.69 Å². The highest BCUT2D eigenvalue weighted by atomic mass is 16.2. The molecule has 1 N–H and O–H groups in total. The molecule has 2 heterocycles. The van der Waals surface area contributed by atoms with Crippen LogP contribution in [-0.4, -0.2) is 54.8 Å². The smallest absolute Gasteiger partial charge is 0.239 e. The number of nitrogens with zero attached hydrogens (tertiary/aromatic N) is 2. The Labute approximate surface area is 155 Å². The summed E-state index contributed by atoms with van der Waals surface area (Å²) in [4.78, 5) is 29.9. The zero-order valence-electron chi connectivity index (χ0n) is 15.8. The average Bonchev–Trinajstić information content (AvgIpc) is 3.14. The first kappa shape index (κ1) is 17.5. The molecule has 2 unspecified atom stereocenters. The molecule has 2 fully saturated rings. The lowest BCUT2D eigenvalue weighted by Crippen LogP contribution is -2.44. The number of nitrogens with one attached hydrogen (secondary N) is 1. The van der Waals surface area contributed by atoms with Crippen LogP contribution in [0, 0.1) is 5.92 Å². The third-order valence-corrected chi connectivity index (χ3v) is 6.52. The van der Waals surface area contributed by atoms with Gasteiger partial charge in [-0.3, -0.25) is 14.5 Å². The van der Waals surface area contributed by atoms with E-state index in [1.807, 2.05) is 32.3 Å². The molecule has 5 heteroatoms. The molecule has 0 aromatic heterocycles. The molecule has 2 amide bonds. The third-order valence-electron chi connectivity index (χ3n) is 6.52. The van der Waals surface area contributed by atoms with Gasteiger partial charge in [-0.2, -0.15) is 0 Å². The summed E-state index contributed by atoms with van der Waals surface area (Å²) in [6.07, 6.45) is 6.98. The lowest BCUT2D eigenvalue weighted by atomic mass is 9.79. The summed E-state index contributed by atoms with van der Waals surface area (Å²) in [7, 11) is 3.63. The molecular weight excluding hydrogens is 326 g/mol. The monoisotopic (exact) mass is 355 g/mol. The first-order chi connectivity index (χ1) is 12.5. The summed E-state index contributed by atoms with van der Waals surface area (Å²) in [6, 6.07) is 7.76. The molecule has 0 bridgehead atoms. The van der Waals surface area contributed by atoms with Gasteiger partial charge in [0.1, 0.15) is 0 Å². The van der Waals surface area contributed by atoms with Gasteiger partial charge in [0.15, 0.2) is 0 Å². The highest BCUT2D eigenvalue weighted by Crippen LogP contribution is 2.47. The molecule has 140 valence electrons. The lowest BCUT2D eigenvalue weighted by molar-refractivity contribution is -0.133. The molecule has 1 saturated carbocycles. The molecule has 3 aliphatic rings. The summed E-state index contributed by atoms with van der Waals surface area (Å²) in [5, 5.41) is 3.05. The van der Waals surface area contributed by atoms with E-state index >= 15 is 0 Å². The molecule has 1 spiro atoms. The molecule has 1 saturated heterocycles. The normalized spacial score (nSPS) is 29.0. The van der Waals surface area contributed by atoms with Crippen molar-refractivity contribution in [2.24, 2.45) is 5.92 Å². The Morgan fingerprint density at radius 2 is 1.96 bits per heavy atom. The molecule has 4 rings (SSSR count). The van der Waals surface area contributed by atoms with Crippen LogP contribution in [-0.2, 0) is 15.0 Å². The van der Waals surface area contributed by atoms with Crippen molar-refractivity contribution in [3.8, 4) is 0 Å². The Hall–Kier alpha value is -1.88. The fourth-order valence-corrected chi connectivity index (χ4v) is 5.15. The Morgan fingerprint density at radius 3 is 2.69 bits per heavy atom. The predicted molar refractivity (Wildman–Crippen MR) is 102 cm³/mol. The standard InChI is InChI=1S/C21H29N3O2/c1-23(2)19(25)18-12-21(14-24(18)13-15-8-4-3-5-9-15)16-10-6-7-11-17(16)22-20(21)26/h6-7,10-11,15,18H,3-5,8-9,12-14H2,1-2H3,(H,22,26). The van der Waals surface area contributed by atoms with E-state index in [4.69, 9.17) is 0 Å². The van der Waals surface area contributed by atoms with Crippen LogP contribution < -0.4 is 5.32 Å². The van der Waals surface area contributed by atoms with Crippen molar-refractivity contribution in [3.63, 3.8) is 0 Å². The van der Waals surface area contributed by atoms with Gasteiger partial charge in [-0.15, -0.1) is 0 Å². The van der Waals surface area contributed by atoms with Crippen molar-refractivity contribution < 1.29 is 9.59 Å². The molecular formula is C21H29N3O2. The van der Waals surface area contributed by atoms with Crippen molar-refractivity contribution in [1.29, 1.82) is 0 Å². The number of para-hydroxylation sites is 1. The highest BCUT2D eigenvalue weighted by Gasteiger charge is 2.56. The zero-order chi connectivity index (χ0) is 18.3. The summed E-state index contributed by atoms with van der Waals surface area (Å²) >= 11 is 0. The number of likely N-dealkylation sites (tertiary alicyclic amines) is 1. The number of fused-ring (bicyclic) bond motifs is 2. The van der Waals surface area contributed by atoms with E-state index in [2.05, 4.69) is 16.3 Å². The van der Waals surface area contributed by atoms with Crippen molar-refractivity contribution >= 4 is 17.5 Å². The van der Waals surface area contributed by atoms with Crippen molar-refractivity contribution in [1.82, 2.24) is 9.80 Å². The molecule has 2 atom stereocenters. The minimum atomic E-state index is -0.582. The molecule has 1 aromatic carbocycles. The Bertz CT molecular complexity index is 711. The molecule has 26 heavy (non-hydrogen) atoms. The number of hydrogen-bond acceptors (Lipinski definition) is 3. The summed E-state index contributed by atoms with van der Waals surface area (Å²) in [5.41, 5.74) is 1.39. The minimum Gasteiger partial charge on any atom is -0.347 e. The number of carbonyl (C=O) groups is 2. The van der Waals surface area contributed by atoms with E-state index in [1.54, 1.807) is 4.90 Å². The van der Waals surface area contributed by atoms with Gasteiger partial charge in [0.2, 0.25) is 11.8 Å². The number of hydrogen-bond donors (Lipinski definition) is 1. The highest BCUT2D eigenvalue weighted by molar-refractivity contribution is 6.07. The molecule has 0 radical (unpaired) electrons. The van der Waals surface area contributed by atoms with E-state index in [-0.39, 0.29) is 17.9 Å². The van der Waals surface area contributed by atoms with Gasteiger partial charge in [-0.25, -0.2) is 0 Å². The Balaban J connectivity index is 1.64. The number of amides is 2. The summed E-state index contributed by atoms with van der Waals surface area (Å²) in [5.74, 6) is 0.826. The number of anilines is 1.